The number of halogens is 1. The van der Waals surface area contributed by atoms with E-state index in [0.717, 1.165) is 34.5 Å². The molecule has 0 unspecified atom stereocenters. The zero-order chi connectivity index (χ0) is 12.5. The van der Waals surface area contributed by atoms with Gasteiger partial charge in [-0.3, -0.25) is 4.98 Å². The van der Waals surface area contributed by atoms with Crippen molar-refractivity contribution in [3.63, 3.8) is 0 Å². The molecule has 2 nitrogen and oxygen atoms in total. The van der Waals surface area contributed by atoms with Gasteiger partial charge in [-0.15, -0.1) is 0 Å². The quantitative estimate of drug-likeness (QED) is 0.719. The van der Waals surface area contributed by atoms with Gasteiger partial charge >= 0.3 is 0 Å². The van der Waals surface area contributed by atoms with Gasteiger partial charge in [0.1, 0.15) is 5.75 Å². The van der Waals surface area contributed by atoms with Crippen LogP contribution in [0.4, 0.5) is 0 Å². The van der Waals surface area contributed by atoms with Gasteiger partial charge in [-0.25, -0.2) is 0 Å². The SMILES string of the molecule is COc1ccc2c(Cl)c3c(nc2c1)CCCCC3. The Balaban J connectivity index is 2.24. The summed E-state index contributed by atoms with van der Waals surface area (Å²) in [6.45, 7) is 0. The minimum atomic E-state index is 0.833. The van der Waals surface area contributed by atoms with E-state index in [1.54, 1.807) is 7.11 Å². The highest BCUT2D eigenvalue weighted by Crippen LogP contribution is 2.33. The first-order valence-electron chi connectivity index (χ1n) is 6.44. The Labute approximate surface area is 112 Å². The summed E-state index contributed by atoms with van der Waals surface area (Å²) in [6.07, 6.45) is 5.81. The third kappa shape index (κ3) is 1.95. The summed E-state index contributed by atoms with van der Waals surface area (Å²) in [4.78, 5) is 4.78. The minimum Gasteiger partial charge on any atom is -0.497 e. The Morgan fingerprint density at radius 2 is 2.00 bits per heavy atom. The summed E-state index contributed by atoms with van der Waals surface area (Å²) in [5, 5.41) is 1.93. The largest absolute Gasteiger partial charge is 0.497 e. The van der Waals surface area contributed by atoms with E-state index in [9.17, 15) is 0 Å². The van der Waals surface area contributed by atoms with Crippen molar-refractivity contribution < 1.29 is 4.74 Å². The standard InChI is InChI=1S/C15H16ClNO/c1-18-10-7-8-12-14(9-10)17-13-6-4-2-3-5-11(13)15(12)16/h7-9H,2-6H2,1H3. The van der Waals surface area contributed by atoms with Crippen molar-refractivity contribution in [2.45, 2.75) is 32.1 Å². The van der Waals surface area contributed by atoms with E-state index in [1.807, 2.05) is 18.2 Å². The summed E-state index contributed by atoms with van der Waals surface area (Å²) in [5.74, 6) is 0.833. The molecular weight excluding hydrogens is 246 g/mol. The maximum absolute atomic E-state index is 6.55. The van der Waals surface area contributed by atoms with Gasteiger partial charge in [0.15, 0.2) is 0 Å². The van der Waals surface area contributed by atoms with Crippen LogP contribution in [0.3, 0.4) is 0 Å². The number of hydrogen-bond donors (Lipinski definition) is 0. The van der Waals surface area contributed by atoms with Crippen LogP contribution in [-0.4, -0.2) is 12.1 Å². The van der Waals surface area contributed by atoms with Gasteiger partial charge < -0.3 is 4.74 Å². The van der Waals surface area contributed by atoms with E-state index >= 15 is 0 Å². The summed E-state index contributed by atoms with van der Waals surface area (Å²) in [5.41, 5.74) is 3.38. The summed E-state index contributed by atoms with van der Waals surface area (Å²) in [6, 6.07) is 5.92. The molecule has 2 aromatic rings. The van der Waals surface area contributed by atoms with E-state index in [-0.39, 0.29) is 0 Å². The lowest BCUT2D eigenvalue weighted by Crippen LogP contribution is -1.98. The van der Waals surface area contributed by atoms with E-state index in [4.69, 9.17) is 21.3 Å². The molecule has 18 heavy (non-hydrogen) atoms. The van der Waals surface area contributed by atoms with Crippen molar-refractivity contribution in [2.24, 2.45) is 0 Å². The topological polar surface area (TPSA) is 22.1 Å². The first kappa shape index (κ1) is 11.8. The second kappa shape index (κ2) is 4.77. The Morgan fingerprint density at radius 1 is 1.17 bits per heavy atom. The smallest absolute Gasteiger partial charge is 0.121 e. The van der Waals surface area contributed by atoms with Crippen LogP contribution in [0, 0.1) is 0 Å². The second-order valence-corrected chi connectivity index (χ2v) is 5.17. The van der Waals surface area contributed by atoms with Crippen molar-refractivity contribution in [2.75, 3.05) is 7.11 Å². The molecule has 0 N–H and O–H groups in total. The maximum atomic E-state index is 6.55. The monoisotopic (exact) mass is 261 g/mol. The van der Waals surface area contributed by atoms with E-state index in [2.05, 4.69) is 0 Å². The zero-order valence-corrected chi connectivity index (χ0v) is 11.3. The Bertz CT molecular complexity index is 595. The normalized spacial score (nSPS) is 15.2. The maximum Gasteiger partial charge on any atom is 0.121 e. The van der Waals surface area contributed by atoms with Gasteiger partial charge in [0.25, 0.3) is 0 Å². The number of ether oxygens (including phenoxy) is 1. The average Bonchev–Trinajstić information content (AvgIpc) is 2.63. The number of hydrogen-bond acceptors (Lipinski definition) is 2. The van der Waals surface area contributed by atoms with Crippen LogP contribution >= 0.6 is 11.6 Å². The highest BCUT2D eigenvalue weighted by atomic mass is 35.5. The molecule has 0 saturated carbocycles. The van der Waals surface area contributed by atoms with E-state index in [0.29, 0.717) is 0 Å². The van der Waals surface area contributed by atoms with Crippen molar-refractivity contribution >= 4 is 22.5 Å². The number of aromatic nitrogens is 1. The number of pyridine rings is 1. The average molecular weight is 262 g/mol. The second-order valence-electron chi connectivity index (χ2n) is 4.79. The summed E-state index contributed by atoms with van der Waals surface area (Å²) in [7, 11) is 1.67. The van der Waals surface area contributed by atoms with Crippen LogP contribution in [-0.2, 0) is 12.8 Å². The van der Waals surface area contributed by atoms with E-state index < -0.39 is 0 Å². The molecule has 3 heteroatoms. The highest BCUT2D eigenvalue weighted by Gasteiger charge is 2.16. The number of nitrogens with zero attached hydrogens (tertiary/aromatic N) is 1. The van der Waals surface area contributed by atoms with Gasteiger partial charge in [-0.05, 0) is 43.4 Å². The van der Waals surface area contributed by atoms with Crippen molar-refractivity contribution in [1.82, 2.24) is 4.98 Å². The molecule has 1 aliphatic rings. The fourth-order valence-electron chi connectivity index (χ4n) is 2.65. The van der Waals surface area contributed by atoms with Crippen LogP contribution in [0.25, 0.3) is 10.9 Å². The molecule has 0 bridgehead atoms. The van der Waals surface area contributed by atoms with Gasteiger partial charge in [0, 0.05) is 17.1 Å². The van der Waals surface area contributed by atoms with Gasteiger partial charge in [-0.1, -0.05) is 18.0 Å². The molecule has 0 aliphatic heterocycles. The molecular formula is C15H16ClNO. The molecule has 1 aromatic heterocycles. The Hall–Kier alpha value is -1.28. The predicted octanol–water partition coefficient (Wildman–Crippen LogP) is 4.17. The van der Waals surface area contributed by atoms with Gasteiger partial charge in [-0.2, -0.15) is 0 Å². The third-order valence-electron chi connectivity index (χ3n) is 3.65. The number of rotatable bonds is 1. The highest BCUT2D eigenvalue weighted by molar-refractivity contribution is 6.36. The van der Waals surface area contributed by atoms with Crippen LogP contribution in [0.2, 0.25) is 5.02 Å². The molecule has 3 rings (SSSR count). The number of methoxy groups -OCH3 is 1. The van der Waals surface area contributed by atoms with Crippen LogP contribution in [0.15, 0.2) is 18.2 Å². The molecule has 0 amide bonds. The lowest BCUT2D eigenvalue weighted by Gasteiger charge is -2.11. The number of benzene rings is 1. The molecule has 0 saturated heterocycles. The molecule has 0 fully saturated rings. The van der Waals surface area contributed by atoms with Crippen molar-refractivity contribution in [3.8, 4) is 5.75 Å². The van der Waals surface area contributed by atoms with Gasteiger partial charge in [0.05, 0.1) is 17.6 Å². The minimum absolute atomic E-state index is 0.833. The molecule has 1 aliphatic carbocycles. The molecule has 0 spiro atoms. The lowest BCUT2D eigenvalue weighted by molar-refractivity contribution is 0.415. The molecule has 0 radical (unpaired) electrons. The zero-order valence-electron chi connectivity index (χ0n) is 10.5. The number of fused-ring (bicyclic) bond motifs is 2. The third-order valence-corrected chi connectivity index (χ3v) is 4.08. The molecule has 94 valence electrons. The molecule has 1 aromatic carbocycles. The van der Waals surface area contributed by atoms with E-state index in [1.165, 1.54) is 30.5 Å². The number of aryl methyl sites for hydroxylation is 1. The van der Waals surface area contributed by atoms with Gasteiger partial charge in [0.2, 0.25) is 0 Å². The fraction of sp³-hybridized carbons (Fsp3) is 0.400. The lowest BCUT2D eigenvalue weighted by atomic mass is 10.0. The fourth-order valence-corrected chi connectivity index (χ4v) is 3.01. The first-order chi connectivity index (χ1) is 8.79. The van der Waals surface area contributed by atoms with Crippen LogP contribution in [0.5, 0.6) is 5.75 Å². The van der Waals surface area contributed by atoms with Crippen LogP contribution in [0.1, 0.15) is 30.5 Å². The molecule has 0 atom stereocenters. The summed E-state index contributed by atoms with van der Waals surface area (Å²) < 4.78 is 5.25. The molecule has 1 heterocycles. The van der Waals surface area contributed by atoms with Crippen molar-refractivity contribution in [3.05, 3.63) is 34.5 Å². The van der Waals surface area contributed by atoms with Crippen molar-refractivity contribution in [1.29, 1.82) is 0 Å². The van der Waals surface area contributed by atoms with Crippen LogP contribution < -0.4 is 4.74 Å². The Kier molecular flexibility index (Phi) is 3.13. The Morgan fingerprint density at radius 3 is 2.83 bits per heavy atom. The first-order valence-corrected chi connectivity index (χ1v) is 6.82. The predicted molar refractivity (Wildman–Crippen MR) is 74.6 cm³/mol. The summed E-state index contributed by atoms with van der Waals surface area (Å²) >= 11 is 6.55.